The summed E-state index contributed by atoms with van der Waals surface area (Å²) in [6.45, 7) is 6.12. The minimum Gasteiger partial charge on any atom is -0.379 e. The van der Waals surface area contributed by atoms with Gasteiger partial charge in [0.25, 0.3) is 5.91 Å². The van der Waals surface area contributed by atoms with E-state index in [1.54, 1.807) is 7.05 Å². The number of carbonyl (C=O) groups is 1. The molecular weight excluding hydrogens is 459 g/mol. The number of hydrogen-bond acceptors (Lipinski definition) is 4. The Morgan fingerprint density at radius 3 is 2.74 bits per heavy atom. The summed E-state index contributed by atoms with van der Waals surface area (Å²) in [6, 6.07) is 7.55. The van der Waals surface area contributed by atoms with Gasteiger partial charge in [-0.15, -0.1) is 24.0 Å². The number of aliphatic imine (C=N–C) groups is 1. The van der Waals surface area contributed by atoms with Crippen molar-refractivity contribution < 1.29 is 14.3 Å². The third-order valence-electron chi connectivity index (χ3n) is 4.06. The van der Waals surface area contributed by atoms with E-state index in [2.05, 4.69) is 20.9 Å². The first-order valence-electron chi connectivity index (χ1n) is 9.18. The zero-order valence-electron chi connectivity index (χ0n) is 16.1. The van der Waals surface area contributed by atoms with Gasteiger partial charge >= 0.3 is 0 Å². The SMILES string of the molecule is CN=C(NCCCOC1CCOC1)NCCNC(=O)c1cccc(C)c1.I. The number of hydrogen-bond donors (Lipinski definition) is 3. The molecule has 0 aliphatic carbocycles. The van der Waals surface area contributed by atoms with Crippen LogP contribution in [0.25, 0.3) is 0 Å². The van der Waals surface area contributed by atoms with Gasteiger partial charge in [0, 0.05) is 45.5 Å². The Morgan fingerprint density at radius 1 is 1.26 bits per heavy atom. The van der Waals surface area contributed by atoms with Gasteiger partial charge in [0.05, 0.1) is 12.7 Å². The lowest BCUT2D eigenvalue weighted by Crippen LogP contribution is -2.42. The Balaban J connectivity index is 0.00000364. The summed E-state index contributed by atoms with van der Waals surface area (Å²) in [5.74, 6) is 0.658. The third kappa shape index (κ3) is 9.39. The number of nitrogens with zero attached hydrogens (tertiary/aromatic N) is 1. The van der Waals surface area contributed by atoms with Crippen molar-refractivity contribution in [3.05, 3.63) is 35.4 Å². The number of guanidine groups is 1. The Bertz CT molecular complexity index is 592. The number of benzene rings is 1. The van der Waals surface area contributed by atoms with Crippen LogP contribution in [0.4, 0.5) is 0 Å². The van der Waals surface area contributed by atoms with Gasteiger partial charge in [-0.3, -0.25) is 9.79 Å². The van der Waals surface area contributed by atoms with Gasteiger partial charge in [-0.2, -0.15) is 0 Å². The maximum atomic E-state index is 12.1. The van der Waals surface area contributed by atoms with Crippen LogP contribution in [0.1, 0.15) is 28.8 Å². The predicted octanol–water partition coefficient (Wildman–Crippen LogP) is 1.70. The summed E-state index contributed by atoms with van der Waals surface area (Å²) < 4.78 is 11.0. The molecule has 1 aromatic rings. The molecule has 1 aliphatic rings. The molecule has 1 fully saturated rings. The van der Waals surface area contributed by atoms with Crippen LogP contribution in [0.5, 0.6) is 0 Å². The molecule has 1 amide bonds. The van der Waals surface area contributed by atoms with Crippen LogP contribution >= 0.6 is 24.0 Å². The average Bonchev–Trinajstić information content (AvgIpc) is 3.16. The van der Waals surface area contributed by atoms with Crippen molar-refractivity contribution in [1.82, 2.24) is 16.0 Å². The van der Waals surface area contributed by atoms with Gasteiger partial charge in [0.2, 0.25) is 0 Å². The van der Waals surface area contributed by atoms with Crippen molar-refractivity contribution in [2.24, 2.45) is 4.99 Å². The molecule has 152 valence electrons. The zero-order valence-corrected chi connectivity index (χ0v) is 18.5. The second-order valence-corrected chi connectivity index (χ2v) is 6.26. The molecule has 2 rings (SSSR count). The molecule has 0 spiro atoms. The molecule has 1 aliphatic heterocycles. The topological polar surface area (TPSA) is 84.0 Å². The lowest BCUT2D eigenvalue weighted by atomic mass is 10.1. The molecule has 1 atom stereocenters. The number of amides is 1. The molecule has 1 unspecified atom stereocenters. The van der Waals surface area contributed by atoms with Crippen LogP contribution in [-0.4, -0.2) is 64.5 Å². The molecule has 1 saturated heterocycles. The van der Waals surface area contributed by atoms with E-state index < -0.39 is 0 Å². The van der Waals surface area contributed by atoms with Crippen molar-refractivity contribution in [2.75, 3.05) is 46.5 Å². The van der Waals surface area contributed by atoms with Crippen molar-refractivity contribution in [1.29, 1.82) is 0 Å². The highest BCUT2D eigenvalue weighted by atomic mass is 127. The molecule has 3 N–H and O–H groups in total. The normalized spacial score (nSPS) is 16.5. The standard InChI is InChI=1S/C19H30N4O3.HI/c1-15-5-3-6-16(13-15)18(24)21-9-10-23-19(20-2)22-8-4-11-26-17-7-12-25-14-17;/h3,5-6,13,17H,4,7-12,14H2,1-2H3,(H,21,24)(H2,20,22,23);1H. The number of aryl methyl sites for hydroxylation is 1. The molecule has 1 heterocycles. The first-order chi connectivity index (χ1) is 12.7. The van der Waals surface area contributed by atoms with E-state index >= 15 is 0 Å². The molecule has 0 aromatic heterocycles. The number of ether oxygens (including phenoxy) is 2. The number of nitrogens with one attached hydrogen (secondary N) is 3. The maximum absolute atomic E-state index is 12.1. The quantitative estimate of drug-likeness (QED) is 0.213. The zero-order chi connectivity index (χ0) is 18.6. The monoisotopic (exact) mass is 490 g/mol. The van der Waals surface area contributed by atoms with Crippen molar-refractivity contribution in [3.63, 3.8) is 0 Å². The first-order valence-corrected chi connectivity index (χ1v) is 9.18. The summed E-state index contributed by atoms with van der Waals surface area (Å²) in [5.41, 5.74) is 1.75. The highest BCUT2D eigenvalue weighted by molar-refractivity contribution is 14.0. The van der Waals surface area contributed by atoms with E-state index in [-0.39, 0.29) is 36.0 Å². The van der Waals surface area contributed by atoms with Gasteiger partial charge in [-0.05, 0) is 31.9 Å². The molecule has 0 saturated carbocycles. The number of halogens is 1. The molecule has 0 bridgehead atoms. The minimum absolute atomic E-state index is 0. The summed E-state index contributed by atoms with van der Waals surface area (Å²) in [7, 11) is 1.73. The van der Waals surface area contributed by atoms with Gasteiger partial charge in [-0.25, -0.2) is 0 Å². The lowest BCUT2D eigenvalue weighted by molar-refractivity contribution is 0.0420. The lowest BCUT2D eigenvalue weighted by Gasteiger charge is -2.13. The van der Waals surface area contributed by atoms with Crippen LogP contribution < -0.4 is 16.0 Å². The van der Waals surface area contributed by atoms with Gasteiger partial charge < -0.3 is 25.4 Å². The van der Waals surface area contributed by atoms with Crippen molar-refractivity contribution in [3.8, 4) is 0 Å². The second-order valence-electron chi connectivity index (χ2n) is 6.26. The van der Waals surface area contributed by atoms with E-state index in [0.29, 0.717) is 31.9 Å². The molecule has 27 heavy (non-hydrogen) atoms. The predicted molar refractivity (Wildman–Crippen MR) is 118 cm³/mol. The largest absolute Gasteiger partial charge is 0.379 e. The number of carbonyl (C=O) groups excluding carboxylic acids is 1. The van der Waals surface area contributed by atoms with Crippen molar-refractivity contribution >= 4 is 35.8 Å². The summed E-state index contributed by atoms with van der Waals surface area (Å²) in [5, 5.41) is 9.32. The molecule has 8 heteroatoms. The van der Waals surface area contributed by atoms with Crippen LogP contribution in [0.2, 0.25) is 0 Å². The van der Waals surface area contributed by atoms with E-state index in [9.17, 15) is 4.79 Å². The third-order valence-corrected chi connectivity index (χ3v) is 4.06. The van der Waals surface area contributed by atoms with Crippen molar-refractivity contribution in [2.45, 2.75) is 25.9 Å². The average molecular weight is 490 g/mol. The molecular formula is C19H31IN4O3. The van der Waals surface area contributed by atoms with Gasteiger partial charge in [-0.1, -0.05) is 17.7 Å². The van der Waals surface area contributed by atoms with Gasteiger partial charge in [0.15, 0.2) is 5.96 Å². The van der Waals surface area contributed by atoms with Crippen LogP contribution in [0, 0.1) is 6.92 Å². The Labute approximate surface area is 178 Å². The summed E-state index contributed by atoms with van der Waals surface area (Å²) in [4.78, 5) is 16.2. The first kappa shape index (κ1) is 23.6. The summed E-state index contributed by atoms with van der Waals surface area (Å²) in [6.07, 6.45) is 2.15. The fraction of sp³-hybridized carbons (Fsp3) is 0.579. The van der Waals surface area contributed by atoms with E-state index in [0.717, 1.165) is 37.5 Å². The van der Waals surface area contributed by atoms with Crippen LogP contribution in [0.15, 0.2) is 29.3 Å². The highest BCUT2D eigenvalue weighted by Gasteiger charge is 2.15. The van der Waals surface area contributed by atoms with Gasteiger partial charge in [0.1, 0.15) is 0 Å². The Kier molecular flexibility index (Phi) is 12.0. The molecule has 0 radical (unpaired) electrons. The number of rotatable bonds is 9. The fourth-order valence-corrected chi connectivity index (χ4v) is 2.64. The molecule has 1 aromatic carbocycles. The van der Waals surface area contributed by atoms with Crippen LogP contribution in [-0.2, 0) is 9.47 Å². The molecule has 7 nitrogen and oxygen atoms in total. The minimum atomic E-state index is -0.0634. The smallest absolute Gasteiger partial charge is 0.251 e. The second kappa shape index (κ2) is 13.7. The Hall–Kier alpha value is -1.39. The highest BCUT2D eigenvalue weighted by Crippen LogP contribution is 2.07. The van der Waals surface area contributed by atoms with Crippen LogP contribution in [0.3, 0.4) is 0 Å². The van der Waals surface area contributed by atoms with E-state index in [1.807, 2.05) is 31.2 Å². The Morgan fingerprint density at radius 2 is 2.04 bits per heavy atom. The van der Waals surface area contributed by atoms with E-state index in [4.69, 9.17) is 9.47 Å². The fourth-order valence-electron chi connectivity index (χ4n) is 2.64. The summed E-state index contributed by atoms with van der Waals surface area (Å²) >= 11 is 0. The maximum Gasteiger partial charge on any atom is 0.251 e. The van der Waals surface area contributed by atoms with E-state index in [1.165, 1.54) is 0 Å².